The van der Waals surface area contributed by atoms with Gasteiger partial charge in [0.1, 0.15) is 12.4 Å². The Morgan fingerprint density at radius 1 is 1.10 bits per heavy atom. The lowest BCUT2D eigenvalue weighted by Gasteiger charge is -2.07. The van der Waals surface area contributed by atoms with Crippen LogP contribution in [0.25, 0.3) is 10.9 Å². The van der Waals surface area contributed by atoms with Crippen molar-refractivity contribution in [3.05, 3.63) is 65.9 Å². The number of nitrogens with one attached hydrogen (secondary N) is 1. The average Bonchev–Trinajstić information content (AvgIpc) is 2.91. The number of hydrogen-bond acceptors (Lipinski definition) is 2. The van der Waals surface area contributed by atoms with Crippen molar-refractivity contribution in [1.82, 2.24) is 4.98 Å². The van der Waals surface area contributed by atoms with Crippen LogP contribution in [0.15, 0.2) is 54.6 Å². The molecule has 0 radical (unpaired) electrons. The highest BCUT2D eigenvalue weighted by Gasteiger charge is 2.10. The Hall–Kier alpha value is -2.26. The summed E-state index contributed by atoms with van der Waals surface area (Å²) in [4.78, 5) is 14.2. The normalized spacial score (nSPS) is 10.7. The van der Waals surface area contributed by atoms with E-state index in [0.717, 1.165) is 16.5 Å². The van der Waals surface area contributed by atoms with E-state index in [0.29, 0.717) is 18.1 Å². The molecular weight excluding hydrogens is 274 g/mol. The smallest absolute Gasteiger partial charge is 0.268 e. The van der Waals surface area contributed by atoms with Gasteiger partial charge < -0.3 is 9.72 Å². The maximum atomic E-state index is 11.2. The van der Waals surface area contributed by atoms with Crippen molar-refractivity contribution in [2.45, 2.75) is 6.61 Å². The highest BCUT2D eigenvalue weighted by atomic mass is 35.5. The van der Waals surface area contributed by atoms with Gasteiger partial charge in [0.05, 0.1) is 11.2 Å². The number of ether oxygens (including phenoxy) is 1. The third kappa shape index (κ3) is 2.53. The Bertz CT molecular complexity index is 750. The van der Waals surface area contributed by atoms with E-state index in [2.05, 4.69) is 4.98 Å². The number of carbonyl (C=O) groups is 1. The molecule has 0 aliphatic rings. The van der Waals surface area contributed by atoms with Gasteiger partial charge in [-0.3, -0.25) is 4.79 Å². The van der Waals surface area contributed by atoms with E-state index in [1.54, 1.807) is 6.07 Å². The molecule has 4 heteroatoms. The minimum absolute atomic E-state index is 0.373. The van der Waals surface area contributed by atoms with Gasteiger partial charge in [0.15, 0.2) is 0 Å². The number of aromatic nitrogens is 1. The van der Waals surface area contributed by atoms with Crippen molar-refractivity contribution in [2.24, 2.45) is 0 Å². The fraction of sp³-hybridized carbons (Fsp3) is 0.0625. The fourth-order valence-electron chi connectivity index (χ4n) is 2.09. The molecule has 3 aromatic rings. The van der Waals surface area contributed by atoms with Gasteiger partial charge in [-0.25, -0.2) is 0 Å². The average molecular weight is 286 g/mol. The topological polar surface area (TPSA) is 42.1 Å². The minimum atomic E-state index is -0.504. The van der Waals surface area contributed by atoms with Gasteiger partial charge in [-0.15, -0.1) is 0 Å². The summed E-state index contributed by atoms with van der Waals surface area (Å²) in [7, 11) is 0. The Kier molecular flexibility index (Phi) is 3.44. The van der Waals surface area contributed by atoms with E-state index in [1.807, 2.05) is 48.5 Å². The first kappa shape index (κ1) is 12.8. The summed E-state index contributed by atoms with van der Waals surface area (Å²) in [5.41, 5.74) is 2.24. The number of para-hydroxylation sites is 1. The van der Waals surface area contributed by atoms with Crippen molar-refractivity contribution in [1.29, 1.82) is 0 Å². The second kappa shape index (κ2) is 5.39. The molecule has 3 rings (SSSR count). The van der Waals surface area contributed by atoms with Crippen LogP contribution < -0.4 is 4.74 Å². The van der Waals surface area contributed by atoms with E-state index in [9.17, 15) is 4.79 Å². The molecule has 0 fully saturated rings. The van der Waals surface area contributed by atoms with Crippen LogP contribution in [0.5, 0.6) is 5.75 Å². The zero-order chi connectivity index (χ0) is 13.9. The molecule has 2 aromatic carbocycles. The lowest BCUT2D eigenvalue weighted by Crippen LogP contribution is -1.95. The van der Waals surface area contributed by atoms with Crippen LogP contribution in [0.3, 0.4) is 0 Å². The second-order valence-corrected chi connectivity index (χ2v) is 4.79. The van der Waals surface area contributed by atoms with Crippen LogP contribution >= 0.6 is 11.6 Å². The predicted octanol–water partition coefficient (Wildman–Crippen LogP) is 4.13. The quantitative estimate of drug-likeness (QED) is 0.733. The molecule has 0 aliphatic carbocycles. The maximum absolute atomic E-state index is 11.2. The zero-order valence-corrected chi connectivity index (χ0v) is 11.4. The van der Waals surface area contributed by atoms with E-state index < -0.39 is 5.24 Å². The summed E-state index contributed by atoms with van der Waals surface area (Å²) < 4.78 is 5.81. The number of aromatic amines is 1. The molecule has 100 valence electrons. The SMILES string of the molecule is O=C(Cl)c1cc2cccc(OCc3ccccc3)c2[nH]1. The molecule has 1 aromatic heterocycles. The summed E-state index contributed by atoms with van der Waals surface area (Å²) in [5.74, 6) is 0.704. The van der Waals surface area contributed by atoms with Crippen molar-refractivity contribution in [3.8, 4) is 5.75 Å². The van der Waals surface area contributed by atoms with E-state index in [1.165, 1.54) is 0 Å². The molecular formula is C16H12ClNO2. The molecule has 1 N–H and O–H groups in total. The lowest BCUT2D eigenvalue weighted by molar-refractivity contribution is 0.107. The molecule has 0 spiro atoms. The third-order valence-corrected chi connectivity index (χ3v) is 3.27. The number of carbonyl (C=O) groups excluding carboxylic acids is 1. The molecule has 0 aliphatic heterocycles. The van der Waals surface area contributed by atoms with Crippen LogP contribution in [0.1, 0.15) is 16.1 Å². The molecule has 0 saturated carbocycles. The summed E-state index contributed by atoms with van der Waals surface area (Å²) >= 11 is 5.49. The summed E-state index contributed by atoms with van der Waals surface area (Å²) in [5, 5.41) is 0.398. The Labute approximate surface area is 121 Å². The summed E-state index contributed by atoms with van der Waals surface area (Å²) in [6.45, 7) is 0.475. The fourth-order valence-corrected chi connectivity index (χ4v) is 2.19. The van der Waals surface area contributed by atoms with Crippen LogP contribution in [0, 0.1) is 0 Å². The van der Waals surface area contributed by atoms with E-state index in [-0.39, 0.29) is 0 Å². The van der Waals surface area contributed by atoms with Crippen LogP contribution in [-0.4, -0.2) is 10.2 Å². The van der Waals surface area contributed by atoms with Crippen LogP contribution in [0.4, 0.5) is 0 Å². The number of hydrogen-bond donors (Lipinski definition) is 1. The Morgan fingerprint density at radius 2 is 1.90 bits per heavy atom. The van der Waals surface area contributed by atoms with Gasteiger partial charge in [0.25, 0.3) is 5.24 Å². The summed E-state index contributed by atoms with van der Waals surface area (Å²) in [6.07, 6.45) is 0. The van der Waals surface area contributed by atoms with Gasteiger partial charge in [-0.1, -0.05) is 42.5 Å². The molecule has 0 atom stereocenters. The minimum Gasteiger partial charge on any atom is -0.487 e. The van der Waals surface area contributed by atoms with Crippen LogP contribution in [-0.2, 0) is 6.61 Å². The molecule has 0 saturated heterocycles. The van der Waals surface area contributed by atoms with Gasteiger partial charge in [0.2, 0.25) is 0 Å². The first-order chi connectivity index (χ1) is 9.74. The zero-order valence-electron chi connectivity index (χ0n) is 10.6. The van der Waals surface area contributed by atoms with Gasteiger partial charge in [-0.05, 0) is 29.3 Å². The Balaban J connectivity index is 1.89. The number of H-pyrrole nitrogens is 1. The predicted molar refractivity (Wildman–Crippen MR) is 79.3 cm³/mol. The Morgan fingerprint density at radius 3 is 2.65 bits per heavy atom. The van der Waals surface area contributed by atoms with E-state index in [4.69, 9.17) is 16.3 Å². The monoisotopic (exact) mass is 285 g/mol. The number of halogens is 1. The third-order valence-electron chi connectivity index (χ3n) is 3.07. The standard InChI is InChI=1S/C16H12ClNO2/c17-16(19)13-9-12-7-4-8-14(15(12)18-13)20-10-11-5-2-1-3-6-11/h1-9,18H,10H2. The first-order valence-corrected chi connectivity index (χ1v) is 6.60. The van der Waals surface area contributed by atoms with Crippen LogP contribution in [0.2, 0.25) is 0 Å². The maximum Gasteiger partial charge on any atom is 0.268 e. The number of fused-ring (bicyclic) bond motifs is 1. The number of benzene rings is 2. The van der Waals surface area contributed by atoms with Gasteiger partial charge in [0, 0.05) is 5.39 Å². The molecule has 0 bridgehead atoms. The lowest BCUT2D eigenvalue weighted by atomic mass is 10.2. The van der Waals surface area contributed by atoms with Crippen molar-refractivity contribution >= 4 is 27.7 Å². The van der Waals surface area contributed by atoms with Gasteiger partial charge in [-0.2, -0.15) is 0 Å². The largest absolute Gasteiger partial charge is 0.487 e. The highest BCUT2D eigenvalue weighted by Crippen LogP contribution is 2.27. The highest BCUT2D eigenvalue weighted by molar-refractivity contribution is 6.67. The van der Waals surface area contributed by atoms with E-state index >= 15 is 0 Å². The second-order valence-electron chi connectivity index (χ2n) is 4.45. The first-order valence-electron chi connectivity index (χ1n) is 6.22. The molecule has 0 unspecified atom stereocenters. The molecule has 20 heavy (non-hydrogen) atoms. The summed E-state index contributed by atoms with van der Waals surface area (Å²) in [6, 6.07) is 17.3. The van der Waals surface area contributed by atoms with Crippen molar-refractivity contribution < 1.29 is 9.53 Å². The van der Waals surface area contributed by atoms with Crippen molar-refractivity contribution in [2.75, 3.05) is 0 Å². The van der Waals surface area contributed by atoms with Gasteiger partial charge >= 0.3 is 0 Å². The molecule has 3 nitrogen and oxygen atoms in total. The molecule has 1 heterocycles. The number of rotatable bonds is 4. The molecule has 0 amide bonds. The van der Waals surface area contributed by atoms with Crippen molar-refractivity contribution in [3.63, 3.8) is 0 Å².